The summed E-state index contributed by atoms with van der Waals surface area (Å²) in [5, 5.41) is 9.49. The molecule has 24 heavy (non-hydrogen) atoms. The van der Waals surface area contributed by atoms with Gasteiger partial charge >= 0.3 is 0 Å². The van der Waals surface area contributed by atoms with Gasteiger partial charge in [0.2, 0.25) is 0 Å². The highest BCUT2D eigenvalue weighted by Gasteiger charge is 2.42. The van der Waals surface area contributed by atoms with E-state index in [0.717, 1.165) is 31.8 Å². The first-order valence-electron chi connectivity index (χ1n) is 9.23. The van der Waals surface area contributed by atoms with Crippen molar-refractivity contribution in [1.29, 1.82) is 0 Å². The van der Waals surface area contributed by atoms with Crippen molar-refractivity contribution >= 4 is 0 Å². The quantitative estimate of drug-likeness (QED) is 0.857. The van der Waals surface area contributed by atoms with Crippen molar-refractivity contribution in [2.24, 2.45) is 11.8 Å². The lowest BCUT2D eigenvalue weighted by Crippen LogP contribution is -2.36. The Morgan fingerprint density at radius 3 is 2.75 bits per heavy atom. The second kappa shape index (κ2) is 6.73. The first-order valence-corrected chi connectivity index (χ1v) is 9.23. The summed E-state index contributed by atoms with van der Waals surface area (Å²) in [6.07, 6.45) is 10.5. The second-order valence-electron chi connectivity index (χ2n) is 7.58. The van der Waals surface area contributed by atoms with Gasteiger partial charge in [-0.05, 0) is 49.3 Å². The zero-order chi connectivity index (χ0) is 16.4. The Labute approximate surface area is 144 Å². The summed E-state index contributed by atoms with van der Waals surface area (Å²) >= 11 is 0. The standard InChI is InChI=1S/C21H27NO2/c23-20-10-8-18(9-11-20)15-24-21(19-4-2-1-3-5-19)12-13-22(16-21)14-17-6-7-17/h1-5,8,10-11,17-18,23H,6-7,9,12-16H2. The summed E-state index contributed by atoms with van der Waals surface area (Å²) in [5.41, 5.74) is 1.13. The van der Waals surface area contributed by atoms with E-state index < -0.39 is 0 Å². The summed E-state index contributed by atoms with van der Waals surface area (Å²) in [5.74, 6) is 1.66. The van der Waals surface area contributed by atoms with Gasteiger partial charge in [0.1, 0.15) is 11.4 Å². The molecule has 0 amide bonds. The van der Waals surface area contributed by atoms with Gasteiger partial charge in [-0.3, -0.25) is 4.90 Å². The third-order valence-corrected chi connectivity index (χ3v) is 5.57. The predicted molar refractivity (Wildman–Crippen MR) is 95.8 cm³/mol. The Morgan fingerprint density at radius 1 is 1.21 bits per heavy atom. The lowest BCUT2D eigenvalue weighted by molar-refractivity contribution is -0.0530. The Kier molecular flexibility index (Phi) is 4.47. The van der Waals surface area contributed by atoms with Gasteiger partial charge in [-0.2, -0.15) is 0 Å². The van der Waals surface area contributed by atoms with E-state index >= 15 is 0 Å². The van der Waals surface area contributed by atoms with Gasteiger partial charge in [0.15, 0.2) is 0 Å². The van der Waals surface area contributed by atoms with E-state index in [9.17, 15) is 5.11 Å². The molecule has 3 aliphatic rings. The molecule has 0 bridgehead atoms. The SMILES string of the molecule is OC1=CCC(COC2(c3ccccc3)CCN(CC3CC3)C2)C=C1. The third kappa shape index (κ3) is 3.57. The lowest BCUT2D eigenvalue weighted by atomic mass is 9.92. The first kappa shape index (κ1) is 15.9. The van der Waals surface area contributed by atoms with Crippen LogP contribution in [-0.4, -0.2) is 36.2 Å². The first-order chi connectivity index (χ1) is 11.7. The Morgan fingerprint density at radius 2 is 2.04 bits per heavy atom. The van der Waals surface area contributed by atoms with E-state index in [2.05, 4.69) is 41.3 Å². The zero-order valence-electron chi connectivity index (χ0n) is 14.2. The molecule has 3 heteroatoms. The number of allylic oxidation sites excluding steroid dienone is 2. The number of ether oxygens (including phenoxy) is 1. The molecule has 1 saturated carbocycles. The molecule has 1 N–H and O–H groups in total. The van der Waals surface area contributed by atoms with E-state index in [1.807, 2.05) is 6.08 Å². The average molecular weight is 325 g/mol. The van der Waals surface area contributed by atoms with Crippen LogP contribution in [0.1, 0.15) is 31.2 Å². The molecule has 3 nitrogen and oxygen atoms in total. The van der Waals surface area contributed by atoms with E-state index in [4.69, 9.17) is 4.74 Å². The van der Waals surface area contributed by atoms with Crippen molar-refractivity contribution in [2.45, 2.75) is 31.3 Å². The maximum Gasteiger partial charge on any atom is 0.111 e. The van der Waals surface area contributed by atoms with E-state index in [1.165, 1.54) is 24.9 Å². The van der Waals surface area contributed by atoms with E-state index in [1.54, 1.807) is 6.08 Å². The highest BCUT2D eigenvalue weighted by atomic mass is 16.5. The normalized spacial score (nSPS) is 30.5. The number of benzene rings is 1. The van der Waals surface area contributed by atoms with Crippen LogP contribution < -0.4 is 0 Å². The molecular formula is C21H27NO2. The molecule has 2 atom stereocenters. The number of aliphatic hydroxyl groups excluding tert-OH is 1. The maximum absolute atomic E-state index is 9.49. The average Bonchev–Trinajstić information content (AvgIpc) is 3.33. The number of likely N-dealkylation sites (tertiary alicyclic amines) is 1. The van der Waals surface area contributed by atoms with Crippen molar-refractivity contribution in [3.8, 4) is 0 Å². The van der Waals surface area contributed by atoms with Crippen molar-refractivity contribution in [3.63, 3.8) is 0 Å². The minimum Gasteiger partial charge on any atom is -0.508 e. The third-order valence-electron chi connectivity index (χ3n) is 5.57. The Hall–Kier alpha value is -1.58. The molecular weight excluding hydrogens is 298 g/mol. The summed E-state index contributed by atoms with van der Waals surface area (Å²) in [6.45, 7) is 4.09. The second-order valence-corrected chi connectivity index (χ2v) is 7.58. The minimum atomic E-state index is -0.173. The summed E-state index contributed by atoms with van der Waals surface area (Å²) in [7, 11) is 0. The smallest absolute Gasteiger partial charge is 0.111 e. The molecule has 0 aromatic heterocycles. The van der Waals surface area contributed by atoms with Gasteiger partial charge in [-0.25, -0.2) is 0 Å². The zero-order valence-corrected chi connectivity index (χ0v) is 14.2. The molecule has 4 rings (SSSR count). The summed E-state index contributed by atoms with van der Waals surface area (Å²) in [6, 6.07) is 10.7. The number of aliphatic hydroxyl groups is 1. The fourth-order valence-electron chi connectivity index (χ4n) is 3.90. The molecule has 1 aliphatic heterocycles. The molecule has 2 aliphatic carbocycles. The topological polar surface area (TPSA) is 32.7 Å². The molecule has 128 valence electrons. The van der Waals surface area contributed by atoms with E-state index in [0.29, 0.717) is 18.3 Å². The maximum atomic E-state index is 9.49. The van der Waals surface area contributed by atoms with Crippen molar-refractivity contribution in [2.75, 3.05) is 26.2 Å². The number of nitrogens with zero attached hydrogens (tertiary/aromatic N) is 1. The molecule has 0 radical (unpaired) electrons. The molecule has 1 saturated heterocycles. The molecule has 1 heterocycles. The summed E-state index contributed by atoms with van der Waals surface area (Å²) in [4.78, 5) is 2.59. The van der Waals surface area contributed by atoms with Crippen LogP contribution in [0.25, 0.3) is 0 Å². The van der Waals surface area contributed by atoms with Gasteiger partial charge in [-0.15, -0.1) is 0 Å². The van der Waals surface area contributed by atoms with Crippen LogP contribution in [0, 0.1) is 11.8 Å². The van der Waals surface area contributed by atoms with Crippen molar-refractivity contribution < 1.29 is 9.84 Å². The lowest BCUT2D eigenvalue weighted by Gasteiger charge is -2.32. The Bertz CT molecular complexity index is 620. The minimum absolute atomic E-state index is 0.173. The number of hydrogen-bond acceptors (Lipinski definition) is 3. The molecule has 2 unspecified atom stereocenters. The van der Waals surface area contributed by atoms with Crippen molar-refractivity contribution in [1.82, 2.24) is 4.90 Å². The van der Waals surface area contributed by atoms with Crippen LogP contribution in [-0.2, 0) is 10.3 Å². The van der Waals surface area contributed by atoms with Gasteiger partial charge in [0.05, 0.1) is 6.61 Å². The Balaban J connectivity index is 1.46. The van der Waals surface area contributed by atoms with Crippen LogP contribution in [0.3, 0.4) is 0 Å². The van der Waals surface area contributed by atoms with Gasteiger partial charge in [-0.1, -0.05) is 36.4 Å². The summed E-state index contributed by atoms with van der Waals surface area (Å²) < 4.78 is 6.58. The fourth-order valence-corrected chi connectivity index (χ4v) is 3.90. The van der Waals surface area contributed by atoms with Crippen LogP contribution >= 0.6 is 0 Å². The molecule has 0 spiro atoms. The number of rotatable bonds is 6. The van der Waals surface area contributed by atoms with Gasteiger partial charge in [0, 0.05) is 25.6 Å². The monoisotopic (exact) mass is 325 g/mol. The van der Waals surface area contributed by atoms with Crippen molar-refractivity contribution in [3.05, 3.63) is 59.9 Å². The van der Waals surface area contributed by atoms with Crippen LogP contribution in [0.2, 0.25) is 0 Å². The largest absolute Gasteiger partial charge is 0.508 e. The number of hydrogen-bond donors (Lipinski definition) is 1. The predicted octanol–water partition coefficient (Wildman–Crippen LogP) is 4.03. The van der Waals surface area contributed by atoms with Gasteiger partial charge in [0.25, 0.3) is 0 Å². The van der Waals surface area contributed by atoms with Crippen LogP contribution in [0.15, 0.2) is 54.3 Å². The highest BCUT2D eigenvalue weighted by Crippen LogP contribution is 2.39. The fraction of sp³-hybridized carbons (Fsp3) is 0.524. The molecule has 1 aromatic rings. The molecule has 1 aromatic carbocycles. The van der Waals surface area contributed by atoms with Crippen LogP contribution in [0.5, 0.6) is 0 Å². The van der Waals surface area contributed by atoms with Crippen LogP contribution in [0.4, 0.5) is 0 Å². The van der Waals surface area contributed by atoms with Gasteiger partial charge < -0.3 is 9.84 Å². The molecule has 2 fully saturated rings. The highest BCUT2D eigenvalue weighted by molar-refractivity contribution is 5.25. The van der Waals surface area contributed by atoms with E-state index in [-0.39, 0.29) is 5.60 Å².